The van der Waals surface area contributed by atoms with E-state index in [1.165, 1.54) is 44.0 Å². The summed E-state index contributed by atoms with van der Waals surface area (Å²) in [5, 5.41) is 6.15. The average Bonchev–Trinajstić information content (AvgIpc) is 2.82. The molecule has 1 saturated carbocycles. The molecule has 0 spiro atoms. The highest BCUT2D eigenvalue weighted by atomic mass is 16.2. The summed E-state index contributed by atoms with van der Waals surface area (Å²) in [7, 11) is 0. The summed E-state index contributed by atoms with van der Waals surface area (Å²) >= 11 is 0. The summed E-state index contributed by atoms with van der Waals surface area (Å²) in [6.45, 7) is 1.74. The minimum absolute atomic E-state index is 0.00386. The predicted molar refractivity (Wildman–Crippen MR) is 119 cm³/mol. The fourth-order valence-electron chi connectivity index (χ4n) is 5.41. The van der Waals surface area contributed by atoms with E-state index in [1.54, 1.807) is 10.6 Å². The molecule has 9 heteroatoms. The molecular weight excluding hydrogens is 408 g/mol. The van der Waals surface area contributed by atoms with Crippen molar-refractivity contribution in [3.8, 4) is 0 Å². The van der Waals surface area contributed by atoms with Crippen molar-refractivity contribution in [1.29, 1.82) is 0 Å². The van der Waals surface area contributed by atoms with Gasteiger partial charge in [-0.05, 0) is 31.2 Å². The normalized spacial score (nSPS) is 22.7. The van der Waals surface area contributed by atoms with Gasteiger partial charge in [0.25, 0.3) is 11.5 Å². The molecular formula is C23H28N6O3. The number of carbonyl (C=O) groups is 2. The lowest BCUT2D eigenvalue weighted by molar-refractivity contribution is 0.102. The third-order valence-corrected chi connectivity index (χ3v) is 6.88. The third kappa shape index (κ3) is 4.11. The average molecular weight is 437 g/mol. The Kier molecular flexibility index (Phi) is 5.63. The molecule has 2 atom stereocenters. The lowest BCUT2D eigenvalue weighted by Gasteiger charge is -2.43. The highest BCUT2D eigenvalue weighted by Crippen LogP contribution is 2.38. The van der Waals surface area contributed by atoms with Crippen molar-refractivity contribution in [3.63, 3.8) is 0 Å². The minimum atomic E-state index is -0.322. The number of nitrogens with one attached hydrogen (secondary N) is 2. The van der Waals surface area contributed by atoms with Crippen LogP contribution < -0.4 is 16.2 Å². The molecule has 32 heavy (non-hydrogen) atoms. The van der Waals surface area contributed by atoms with Gasteiger partial charge in [-0.1, -0.05) is 19.3 Å². The first-order chi connectivity index (χ1) is 15.6. The van der Waals surface area contributed by atoms with Crippen LogP contribution in [0.25, 0.3) is 0 Å². The maximum Gasteiger partial charge on any atom is 0.317 e. The van der Waals surface area contributed by atoms with Crippen LogP contribution in [-0.2, 0) is 6.54 Å². The van der Waals surface area contributed by atoms with E-state index in [0.717, 1.165) is 25.0 Å². The van der Waals surface area contributed by atoms with Crippen LogP contribution in [0.3, 0.4) is 0 Å². The van der Waals surface area contributed by atoms with E-state index in [2.05, 4.69) is 20.6 Å². The molecule has 168 valence electrons. The number of nitrogens with zero attached hydrogens (tertiary/aromatic N) is 4. The van der Waals surface area contributed by atoms with Gasteiger partial charge in [0.2, 0.25) is 0 Å². The quantitative estimate of drug-likeness (QED) is 0.768. The highest BCUT2D eigenvalue weighted by molar-refractivity contribution is 6.04. The molecule has 4 heterocycles. The van der Waals surface area contributed by atoms with Gasteiger partial charge in [-0.15, -0.1) is 0 Å². The molecule has 2 aliphatic heterocycles. The first-order valence-corrected chi connectivity index (χ1v) is 11.4. The Balaban J connectivity index is 1.37. The third-order valence-electron chi connectivity index (χ3n) is 6.88. The van der Waals surface area contributed by atoms with Crippen molar-refractivity contribution in [2.24, 2.45) is 5.92 Å². The van der Waals surface area contributed by atoms with Gasteiger partial charge < -0.3 is 20.1 Å². The number of carbonyl (C=O) groups excluding carboxylic acids is 2. The molecule has 1 aliphatic carbocycles. The lowest BCUT2D eigenvalue weighted by atomic mass is 9.82. The van der Waals surface area contributed by atoms with Gasteiger partial charge >= 0.3 is 6.03 Å². The van der Waals surface area contributed by atoms with Crippen LogP contribution in [0.5, 0.6) is 0 Å². The number of rotatable bonds is 3. The summed E-state index contributed by atoms with van der Waals surface area (Å²) in [4.78, 5) is 48.0. The van der Waals surface area contributed by atoms with Crippen LogP contribution in [0.1, 0.15) is 60.5 Å². The highest BCUT2D eigenvalue weighted by Gasteiger charge is 2.38. The Morgan fingerprint density at radius 3 is 2.56 bits per heavy atom. The van der Waals surface area contributed by atoms with Gasteiger partial charge in [-0.3, -0.25) is 9.59 Å². The van der Waals surface area contributed by atoms with Gasteiger partial charge in [-0.2, -0.15) is 0 Å². The van der Waals surface area contributed by atoms with Gasteiger partial charge in [0, 0.05) is 55.7 Å². The van der Waals surface area contributed by atoms with Crippen LogP contribution in [0.4, 0.5) is 10.5 Å². The number of hydrogen-bond acceptors (Lipinski definition) is 5. The zero-order valence-corrected chi connectivity index (χ0v) is 18.0. The van der Waals surface area contributed by atoms with E-state index in [-0.39, 0.29) is 35.4 Å². The molecule has 0 unspecified atom stereocenters. The summed E-state index contributed by atoms with van der Waals surface area (Å²) in [6.07, 6.45) is 10.9. The zero-order valence-electron chi connectivity index (χ0n) is 18.0. The Hall–Kier alpha value is -3.23. The zero-order chi connectivity index (χ0) is 22.1. The maximum atomic E-state index is 13.0. The van der Waals surface area contributed by atoms with Crippen molar-refractivity contribution in [2.45, 2.75) is 57.0 Å². The number of pyridine rings is 1. The number of amides is 3. The molecule has 9 nitrogen and oxygen atoms in total. The number of fused-ring (bicyclic) bond motifs is 4. The largest absolute Gasteiger partial charge is 0.335 e. The van der Waals surface area contributed by atoms with Crippen molar-refractivity contribution in [1.82, 2.24) is 24.8 Å². The lowest BCUT2D eigenvalue weighted by Crippen LogP contribution is -2.53. The molecule has 2 aromatic rings. The van der Waals surface area contributed by atoms with E-state index in [4.69, 9.17) is 0 Å². The number of likely N-dealkylation sites (tertiary alicyclic amines) is 1. The molecule has 5 rings (SSSR count). The number of anilines is 1. The topological polar surface area (TPSA) is 109 Å². The first-order valence-electron chi connectivity index (χ1n) is 11.4. The summed E-state index contributed by atoms with van der Waals surface area (Å²) in [5.74, 6) is -0.0998. The van der Waals surface area contributed by atoms with E-state index in [1.807, 2.05) is 4.90 Å². The molecule has 2 aromatic heterocycles. The molecule has 1 saturated heterocycles. The second-order valence-corrected chi connectivity index (χ2v) is 9.15. The van der Waals surface area contributed by atoms with Crippen LogP contribution in [0.2, 0.25) is 0 Å². The molecule has 2 fully saturated rings. The Bertz CT molecular complexity index is 1060. The van der Waals surface area contributed by atoms with Crippen LogP contribution in [0, 0.1) is 5.92 Å². The predicted octanol–water partition coefficient (Wildman–Crippen LogP) is 2.35. The number of hydrogen-bond donors (Lipinski definition) is 2. The van der Waals surface area contributed by atoms with Gasteiger partial charge in [-0.25, -0.2) is 14.8 Å². The molecule has 2 bridgehead atoms. The maximum absolute atomic E-state index is 13.0. The van der Waals surface area contributed by atoms with Crippen molar-refractivity contribution >= 4 is 17.6 Å². The fourth-order valence-corrected chi connectivity index (χ4v) is 5.41. The Labute approximate surface area is 186 Å². The monoisotopic (exact) mass is 436 g/mol. The van der Waals surface area contributed by atoms with E-state index in [9.17, 15) is 14.4 Å². The fraction of sp³-hybridized carbons (Fsp3) is 0.522. The Morgan fingerprint density at radius 1 is 1.00 bits per heavy atom. The van der Waals surface area contributed by atoms with E-state index >= 15 is 0 Å². The van der Waals surface area contributed by atoms with Gasteiger partial charge in [0.05, 0.1) is 11.3 Å². The van der Waals surface area contributed by atoms with Crippen molar-refractivity contribution < 1.29 is 9.59 Å². The second kappa shape index (κ2) is 8.72. The van der Waals surface area contributed by atoms with Crippen molar-refractivity contribution in [2.75, 3.05) is 18.4 Å². The van der Waals surface area contributed by atoms with Crippen LogP contribution in [-0.4, -0.2) is 50.5 Å². The second-order valence-electron chi connectivity index (χ2n) is 9.15. The van der Waals surface area contributed by atoms with E-state index in [0.29, 0.717) is 30.9 Å². The number of urea groups is 1. The molecule has 3 amide bonds. The standard InChI is InChI=1S/C23H28N6O3/c30-20-7-6-19(27-22(31)17-9-24-14-25-10-17)21-16-8-15(12-29(20)21)11-28(13-16)23(32)26-18-4-2-1-3-5-18/h6-7,9-10,14-16,18H,1-5,8,11-13H2,(H,26,32)(H,27,31)/t15-,16-/m0/s1. The summed E-state index contributed by atoms with van der Waals surface area (Å²) in [6, 6.07) is 3.41. The summed E-state index contributed by atoms with van der Waals surface area (Å²) in [5.41, 5.74) is 1.68. The Morgan fingerprint density at radius 2 is 1.78 bits per heavy atom. The first kappa shape index (κ1) is 20.7. The number of piperidine rings is 1. The molecule has 3 aliphatic rings. The molecule has 0 aromatic carbocycles. The van der Waals surface area contributed by atoms with Crippen LogP contribution >= 0.6 is 0 Å². The minimum Gasteiger partial charge on any atom is -0.335 e. The van der Waals surface area contributed by atoms with Gasteiger partial charge in [0.15, 0.2) is 0 Å². The summed E-state index contributed by atoms with van der Waals surface area (Å²) < 4.78 is 1.77. The number of aromatic nitrogens is 3. The van der Waals surface area contributed by atoms with Crippen LogP contribution in [0.15, 0.2) is 35.6 Å². The van der Waals surface area contributed by atoms with Gasteiger partial charge in [0.1, 0.15) is 6.33 Å². The molecule has 0 radical (unpaired) electrons. The van der Waals surface area contributed by atoms with Crippen molar-refractivity contribution in [3.05, 3.63) is 52.5 Å². The molecule has 2 N–H and O–H groups in total. The smallest absolute Gasteiger partial charge is 0.317 e. The van der Waals surface area contributed by atoms with E-state index < -0.39 is 0 Å². The SMILES string of the molecule is O=C(Nc1ccc(=O)n2c1[C@H]1C[C@@H](CN(C(=O)NC3CCCCC3)C1)C2)c1cncnc1.